The summed E-state index contributed by atoms with van der Waals surface area (Å²) in [5.74, 6) is 0.323. The van der Waals surface area contributed by atoms with Crippen molar-refractivity contribution in [3.63, 3.8) is 0 Å². The van der Waals surface area contributed by atoms with Crippen LogP contribution in [0.2, 0.25) is 0 Å². The van der Waals surface area contributed by atoms with Gasteiger partial charge in [-0.3, -0.25) is 9.48 Å². The zero-order valence-corrected chi connectivity index (χ0v) is 10.1. The summed E-state index contributed by atoms with van der Waals surface area (Å²) in [5.41, 5.74) is 0. The first-order valence-electron chi connectivity index (χ1n) is 6.11. The van der Waals surface area contributed by atoms with E-state index in [4.69, 9.17) is 5.11 Å². The standard InChI is InChI=1S/C12H19N3O2/c1-10(15-7-3-5-13-15)12(17)14-6-2-4-11(8-14)9-16/h3,5,7,10-11,16H,2,4,6,8-9H2,1H3/t10-,11-/m0/s1. The van der Waals surface area contributed by atoms with Crippen molar-refractivity contribution in [1.29, 1.82) is 0 Å². The van der Waals surface area contributed by atoms with Gasteiger partial charge in [-0.2, -0.15) is 5.10 Å². The van der Waals surface area contributed by atoms with Gasteiger partial charge < -0.3 is 10.0 Å². The van der Waals surface area contributed by atoms with E-state index in [9.17, 15) is 4.79 Å². The van der Waals surface area contributed by atoms with Gasteiger partial charge in [-0.25, -0.2) is 0 Å². The maximum absolute atomic E-state index is 12.2. The zero-order chi connectivity index (χ0) is 12.3. The molecule has 1 N–H and O–H groups in total. The van der Waals surface area contributed by atoms with Gasteiger partial charge in [0.05, 0.1) is 0 Å². The van der Waals surface area contributed by atoms with E-state index >= 15 is 0 Å². The summed E-state index contributed by atoms with van der Waals surface area (Å²) in [6.07, 6.45) is 5.46. The molecule has 17 heavy (non-hydrogen) atoms. The van der Waals surface area contributed by atoms with E-state index in [-0.39, 0.29) is 24.5 Å². The largest absolute Gasteiger partial charge is 0.396 e. The molecule has 0 aliphatic carbocycles. The SMILES string of the molecule is C[C@@H](C(=O)N1CCC[C@H](CO)C1)n1cccn1. The summed E-state index contributed by atoms with van der Waals surface area (Å²) in [6, 6.07) is 1.55. The molecule has 0 radical (unpaired) electrons. The molecule has 0 saturated carbocycles. The normalized spacial score (nSPS) is 22.5. The van der Waals surface area contributed by atoms with Crippen LogP contribution in [0.15, 0.2) is 18.5 Å². The molecular formula is C12H19N3O2. The van der Waals surface area contributed by atoms with E-state index in [0.717, 1.165) is 19.4 Å². The summed E-state index contributed by atoms with van der Waals surface area (Å²) in [7, 11) is 0. The predicted octanol–water partition coefficient (Wildman–Crippen LogP) is 0.675. The summed E-state index contributed by atoms with van der Waals surface area (Å²) in [4.78, 5) is 14.1. The van der Waals surface area contributed by atoms with Crippen molar-refractivity contribution < 1.29 is 9.90 Å². The minimum Gasteiger partial charge on any atom is -0.396 e. The summed E-state index contributed by atoms with van der Waals surface area (Å²) >= 11 is 0. The van der Waals surface area contributed by atoms with Gasteiger partial charge in [0.2, 0.25) is 5.91 Å². The van der Waals surface area contributed by atoms with Crippen LogP contribution in [0.25, 0.3) is 0 Å². The fourth-order valence-electron chi connectivity index (χ4n) is 2.30. The van der Waals surface area contributed by atoms with E-state index in [1.807, 2.05) is 17.9 Å². The van der Waals surface area contributed by atoms with Crippen molar-refractivity contribution in [3.05, 3.63) is 18.5 Å². The van der Waals surface area contributed by atoms with Crippen LogP contribution in [-0.4, -0.2) is 45.4 Å². The predicted molar refractivity (Wildman–Crippen MR) is 63.3 cm³/mol. The molecule has 1 aliphatic rings. The summed E-state index contributed by atoms with van der Waals surface area (Å²) in [6.45, 7) is 3.49. The Hall–Kier alpha value is -1.36. The number of aliphatic hydroxyl groups excluding tert-OH is 1. The molecule has 1 aromatic rings. The van der Waals surface area contributed by atoms with Crippen molar-refractivity contribution in [3.8, 4) is 0 Å². The zero-order valence-electron chi connectivity index (χ0n) is 10.1. The van der Waals surface area contributed by atoms with Crippen LogP contribution in [0.5, 0.6) is 0 Å². The van der Waals surface area contributed by atoms with Gasteiger partial charge in [0.15, 0.2) is 0 Å². The van der Waals surface area contributed by atoms with Gasteiger partial charge in [-0.15, -0.1) is 0 Å². The summed E-state index contributed by atoms with van der Waals surface area (Å²) in [5, 5.41) is 13.2. The van der Waals surface area contributed by atoms with Crippen LogP contribution < -0.4 is 0 Å². The molecule has 5 nitrogen and oxygen atoms in total. The molecule has 2 heterocycles. The molecule has 0 bridgehead atoms. The third-order valence-electron chi connectivity index (χ3n) is 3.37. The van der Waals surface area contributed by atoms with Crippen LogP contribution in [0, 0.1) is 5.92 Å². The lowest BCUT2D eigenvalue weighted by Crippen LogP contribution is -2.43. The molecule has 2 atom stereocenters. The fourth-order valence-corrected chi connectivity index (χ4v) is 2.30. The van der Waals surface area contributed by atoms with Crippen molar-refractivity contribution in [2.24, 2.45) is 5.92 Å². The topological polar surface area (TPSA) is 58.4 Å². The number of aromatic nitrogens is 2. The highest BCUT2D eigenvalue weighted by Gasteiger charge is 2.27. The Morgan fingerprint density at radius 1 is 1.65 bits per heavy atom. The monoisotopic (exact) mass is 237 g/mol. The third kappa shape index (κ3) is 2.66. The minimum absolute atomic E-state index is 0.0897. The molecule has 1 amide bonds. The molecule has 94 valence electrons. The van der Waals surface area contributed by atoms with E-state index in [2.05, 4.69) is 5.10 Å². The third-order valence-corrected chi connectivity index (χ3v) is 3.37. The molecule has 1 aromatic heterocycles. The fraction of sp³-hybridized carbons (Fsp3) is 0.667. The summed E-state index contributed by atoms with van der Waals surface area (Å²) < 4.78 is 1.67. The van der Waals surface area contributed by atoms with E-state index in [0.29, 0.717) is 6.54 Å². The minimum atomic E-state index is -0.262. The number of aliphatic hydroxyl groups is 1. The van der Waals surface area contributed by atoms with Gasteiger partial charge in [0, 0.05) is 32.1 Å². The Kier molecular flexibility index (Phi) is 3.78. The van der Waals surface area contributed by atoms with Gasteiger partial charge >= 0.3 is 0 Å². The number of hydrogen-bond donors (Lipinski definition) is 1. The van der Waals surface area contributed by atoms with E-state index in [1.54, 1.807) is 17.1 Å². The van der Waals surface area contributed by atoms with Crippen molar-refractivity contribution >= 4 is 5.91 Å². The highest BCUT2D eigenvalue weighted by molar-refractivity contribution is 5.80. The Morgan fingerprint density at radius 3 is 3.12 bits per heavy atom. The average Bonchev–Trinajstić information content (AvgIpc) is 2.91. The molecule has 0 aromatic carbocycles. The van der Waals surface area contributed by atoms with Crippen LogP contribution >= 0.6 is 0 Å². The average molecular weight is 237 g/mol. The lowest BCUT2D eigenvalue weighted by molar-refractivity contribution is -0.136. The van der Waals surface area contributed by atoms with E-state index < -0.39 is 0 Å². The number of nitrogens with zero attached hydrogens (tertiary/aromatic N) is 3. The number of carbonyl (C=O) groups is 1. The highest BCUT2D eigenvalue weighted by Crippen LogP contribution is 2.19. The Labute approximate surface area is 101 Å². The second-order valence-corrected chi connectivity index (χ2v) is 4.64. The maximum atomic E-state index is 12.2. The number of amides is 1. The molecule has 5 heteroatoms. The molecule has 1 saturated heterocycles. The van der Waals surface area contributed by atoms with Crippen LogP contribution in [-0.2, 0) is 4.79 Å². The number of piperidine rings is 1. The van der Waals surface area contributed by atoms with Crippen LogP contribution in [0.3, 0.4) is 0 Å². The van der Waals surface area contributed by atoms with Gasteiger partial charge in [0.1, 0.15) is 6.04 Å². The van der Waals surface area contributed by atoms with E-state index in [1.165, 1.54) is 0 Å². The highest BCUT2D eigenvalue weighted by atomic mass is 16.3. The lowest BCUT2D eigenvalue weighted by Gasteiger charge is -2.33. The molecule has 0 spiro atoms. The first kappa shape index (κ1) is 12.1. The van der Waals surface area contributed by atoms with Crippen LogP contribution in [0.4, 0.5) is 0 Å². The number of likely N-dealkylation sites (tertiary alicyclic amines) is 1. The molecule has 2 rings (SSSR count). The van der Waals surface area contributed by atoms with Gasteiger partial charge in [-0.1, -0.05) is 0 Å². The quantitative estimate of drug-likeness (QED) is 0.840. The lowest BCUT2D eigenvalue weighted by atomic mass is 9.98. The Balaban J connectivity index is 1.99. The molecule has 0 unspecified atom stereocenters. The first-order chi connectivity index (χ1) is 8.22. The number of rotatable bonds is 3. The number of hydrogen-bond acceptors (Lipinski definition) is 3. The van der Waals surface area contributed by atoms with Crippen molar-refractivity contribution in [2.75, 3.05) is 19.7 Å². The molecular weight excluding hydrogens is 218 g/mol. The smallest absolute Gasteiger partial charge is 0.247 e. The van der Waals surface area contributed by atoms with Crippen molar-refractivity contribution in [1.82, 2.24) is 14.7 Å². The van der Waals surface area contributed by atoms with Crippen LogP contribution in [0.1, 0.15) is 25.8 Å². The Morgan fingerprint density at radius 2 is 2.47 bits per heavy atom. The van der Waals surface area contributed by atoms with Crippen molar-refractivity contribution in [2.45, 2.75) is 25.8 Å². The maximum Gasteiger partial charge on any atom is 0.247 e. The molecule has 1 aliphatic heterocycles. The first-order valence-corrected chi connectivity index (χ1v) is 6.11. The van der Waals surface area contributed by atoms with Gasteiger partial charge in [-0.05, 0) is 31.7 Å². The second-order valence-electron chi connectivity index (χ2n) is 4.64. The second kappa shape index (κ2) is 5.31. The number of carbonyl (C=O) groups excluding carboxylic acids is 1. The Bertz CT molecular complexity index is 364. The van der Waals surface area contributed by atoms with Gasteiger partial charge in [0.25, 0.3) is 0 Å². The molecule has 1 fully saturated rings.